The van der Waals surface area contributed by atoms with Crippen molar-refractivity contribution in [1.82, 2.24) is 4.90 Å². The lowest BCUT2D eigenvalue weighted by molar-refractivity contribution is -0.134. The third-order valence-electron chi connectivity index (χ3n) is 4.72. The van der Waals surface area contributed by atoms with Gasteiger partial charge in [-0.1, -0.05) is 74.5 Å². The summed E-state index contributed by atoms with van der Waals surface area (Å²) in [6.45, 7) is 4.25. The van der Waals surface area contributed by atoms with E-state index in [4.69, 9.17) is 4.74 Å². The van der Waals surface area contributed by atoms with E-state index < -0.39 is 6.09 Å². The van der Waals surface area contributed by atoms with Crippen molar-refractivity contribution < 1.29 is 14.3 Å². The number of imide groups is 1. The zero-order valence-corrected chi connectivity index (χ0v) is 14.6. The van der Waals surface area contributed by atoms with Crippen molar-refractivity contribution in [2.75, 3.05) is 6.61 Å². The minimum Gasteiger partial charge on any atom is -0.446 e. The lowest BCUT2D eigenvalue weighted by Crippen LogP contribution is -2.41. The van der Waals surface area contributed by atoms with E-state index in [0.29, 0.717) is 6.42 Å². The minimum absolute atomic E-state index is 0.123. The van der Waals surface area contributed by atoms with Gasteiger partial charge in [0, 0.05) is 5.92 Å². The Kier molecular flexibility index (Phi) is 5.17. The minimum atomic E-state index is -0.544. The van der Waals surface area contributed by atoms with Gasteiger partial charge in [-0.3, -0.25) is 4.79 Å². The summed E-state index contributed by atoms with van der Waals surface area (Å²) >= 11 is 0. The molecule has 2 aromatic carbocycles. The normalized spacial score (nSPS) is 18.3. The number of ether oxygens (including phenoxy) is 1. The van der Waals surface area contributed by atoms with E-state index >= 15 is 0 Å². The van der Waals surface area contributed by atoms with E-state index in [1.807, 2.05) is 74.5 Å². The molecular weight excluding hydrogens is 314 g/mol. The Labute approximate surface area is 148 Å². The summed E-state index contributed by atoms with van der Waals surface area (Å²) in [6, 6.07) is 19.1. The van der Waals surface area contributed by atoms with Gasteiger partial charge < -0.3 is 4.74 Å². The first-order valence-electron chi connectivity index (χ1n) is 8.66. The first kappa shape index (κ1) is 17.2. The fraction of sp³-hybridized carbons (Fsp3) is 0.333. The highest BCUT2D eigenvalue weighted by Gasteiger charge is 2.42. The number of hydrogen-bond donors (Lipinski definition) is 0. The lowest BCUT2D eigenvalue weighted by atomic mass is 9.87. The molecule has 1 aliphatic heterocycles. The highest BCUT2D eigenvalue weighted by Crippen LogP contribution is 2.31. The van der Waals surface area contributed by atoms with Crippen LogP contribution in [0, 0.1) is 11.8 Å². The Balaban J connectivity index is 1.85. The summed E-state index contributed by atoms with van der Waals surface area (Å²) in [5, 5.41) is 0. The molecule has 0 N–H and O–H groups in total. The van der Waals surface area contributed by atoms with Crippen LogP contribution in [0.3, 0.4) is 0 Å². The molecule has 4 heteroatoms. The molecule has 1 aliphatic rings. The van der Waals surface area contributed by atoms with Crippen LogP contribution in [0.4, 0.5) is 4.79 Å². The molecule has 0 spiro atoms. The smallest absolute Gasteiger partial charge is 0.417 e. The molecular formula is C21H23NO3. The summed E-state index contributed by atoms with van der Waals surface area (Å²) in [5.41, 5.74) is 2.02. The van der Waals surface area contributed by atoms with E-state index in [9.17, 15) is 9.59 Å². The Bertz CT molecular complexity index is 727. The first-order chi connectivity index (χ1) is 12.1. The van der Waals surface area contributed by atoms with E-state index in [1.165, 1.54) is 4.90 Å². The Morgan fingerprint density at radius 1 is 1.08 bits per heavy atom. The molecule has 2 amide bonds. The summed E-state index contributed by atoms with van der Waals surface area (Å²) in [7, 11) is 0. The van der Waals surface area contributed by atoms with Gasteiger partial charge in [0.05, 0.1) is 0 Å². The van der Waals surface area contributed by atoms with Crippen LogP contribution >= 0.6 is 0 Å². The number of cyclic esters (lactones) is 1. The molecule has 130 valence electrons. The maximum atomic E-state index is 13.2. The third-order valence-corrected chi connectivity index (χ3v) is 4.72. The number of nitrogens with zero attached hydrogens (tertiary/aromatic N) is 1. The standard InChI is InChI=1S/C21H23NO3/c1-15(2)18(13-16-9-5-3-6-10-16)20(23)22-19(14-25-21(22)24)17-11-7-4-8-12-17/h3-12,15,18-19H,13-14H2,1-2H3/t18-,19-/m0/s1. The molecule has 2 atom stereocenters. The van der Waals surface area contributed by atoms with Gasteiger partial charge in [-0.2, -0.15) is 0 Å². The molecule has 3 rings (SSSR count). The van der Waals surface area contributed by atoms with Gasteiger partial charge in [0.15, 0.2) is 0 Å². The maximum Gasteiger partial charge on any atom is 0.417 e. The van der Waals surface area contributed by atoms with Crippen molar-refractivity contribution in [3.63, 3.8) is 0 Å². The van der Waals surface area contributed by atoms with Crippen molar-refractivity contribution in [3.8, 4) is 0 Å². The lowest BCUT2D eigenvalue weighted by Gasteiger charge is -2.27. The Morgan fingerprint density at radius 2 is 1.68 bits per heavy atom. The van der Waals surface area contributed by atoms with Gasteiger partial charge in [0.2, 0.25) is 5.91 Å². The van der Waals surface area contributed by atoms with Crippen LogP contribution < -0.4 is 0 Å². The van der Waals surface area contributed by atoms with Crippen molar-refractivity contribution >= 4 is 12.0 Å². The van der Waals surface area contributed by atoms with Crippen molar-refractivity contribution in [1.29, 1.82) is 0 Å². The van der Waals surface area contributed by atoms with Crippen molar-refractivity contribution in [2.24, 2.45) is 11.8 Å². The van der Waals surface area contributed by atoms with Gasteiger partial charge >= 0.3 is 6.09 Å². The number of rotatable bonds is 5. The number of hydrogen-bond acceptors (Lipinski definition) is 3. The van der Waals surface area contributed by atoms with Gasteiger partial charge in [0.1, 0.15) is 12.6 Å². The van der Waals surface area contributed by atoms with Gasteiger partial charge in [-0.25, -0.2) is 9.69 Å². The molecule has 0 unspecified atom stereocenters. The molecule has 25 heavy (non-hydrogen) atoms. The molecule has 0 bridgehead atoms. The molecule has 0 saturated carbocycles. The van der Waals surface area contributed by atoms with Gasteiger partial charge in [0.25, 0.3) is 0 Å². The highest BCUT2D eigenvalue weighted by atomic mass is 16.6. The monoisotopic (exact) mass is 337 g/mol. The fourth-order valence-electron chi connectivity index (χ4n) is 3.24. The van der Waals surface area contributed by atoms with Crippen LogP contribution in [0.1, 0.15) is 31.0 Å². The topological polar surface area (TPSA) is 46.6 Å². The summed E-state index contributed by atoms with van der Waals surface area (Å²) in [5.74, 6) is -0.299. The van der Waals surface area contributed by atoms with E-state index in [1.54, 1.807) is 0 Å². The second-order valence-corrected chi connectivity index (χ2v) is 6.75. The van der Waals surface area contributed by atoms with E-state index in [2.05, 4.69) is 0 Å². The molecule has 1 saturated heterocycles. The molecule has 0 radical (unpaired) electrons. The molecule has 1 heterocycles. The quantitative estimate of drug-likeness (QED) is 0.820. The van der Waals surface area contributed by atoms with Crippen LogP contribution in [0.25, 0.3) is 0 Å². The second-order valence-electron chi connectivity index (χ2n) is 6.75. The second kappa shape index (κ2) is 7.51. The van der Waals surface area contributed by atoms with Crippen molar-refractivity contribution in [3.05, 3.63) is 71.8 Å². The van der Waals surface area contributed by atoms with E-state index in [-0.39, 0.29) is 30.4 Å². The molecule has 0 aliphatic carbocycles. The van der Waals surface area contributed by atoms with Crippen LogP contribution in [0.15, 0.2) is 60.7 Å². The third kappa shape index (κ3) is 3.73. The number of carbonyl (C=O) groups excluding carboxylic acids is 2. The number of carbonyl (C=O) groups is 2. The molecule has 4 nitrogen and oxygen atoms in total. The Morgan fingerprint density at radius 3 is 2.28 bits per heavy atom. The maximum absolute atomic E-state index is 13.2. The molecule has 0 aromatic heterocycles. The SMILES string of the molecule is CC(C)[C@H](Cc1ccccc1)C(=O)N1C(=O)OC[C@H]1c1ccccc1. The average molecular weight is 337 g/mol. The van der Waals surface area contributed by atoms with Crippen LogP contribution in [-0.4, -0.2) is 23.5 Å². The highest BCUT2D eigenvalue weighted by molar-refractivity contribution is 5.95. The predicted molar refractivity (Wildman–Crippen MR) is 95.9 cm³/mol. The summed E-state index contributed by atoms with van der Waals surface area (Å²) in [6.07, 6.45) is 0.0698. The predicted octanol–water partition coefficient (Wildman–Crippen LogP) is 4.22. The largest absolute Gasteiger partial charge is 0.446 e. The van der Waals surface area contributed by atoms with Gasteiger partial charge in [-0.15, -0.1) is 0 Å². The Hall–Kier alpha value is -2.62. The van der Waals surface area contributed by atoms with Crippen molar-refractivity contribution in [2.45, 2.75) is 26.3 Å². The molecule has 2 aromatic rings. The molecule has 1 fully saturated rings. The van der Waals surface area contributed by atoms with Crippen LogP contribution in [0.5, 0.6) is 0 Å². The van der Waals surface area contributed by atoms with Crippen LogP contribution in [-0.2, 0) is 16.0 Å². The first-order valence-corrected chi connectivity index (χ1v) is 8.66. The van der Waals surface area contributed by atoms with Gasteiger partial charge in [-0.05, 0) is 23.5 Å². The van der Waals surface area contributed by atoms with E-state index in [0.717, 1.165) is 11.1 Å². The summed E-state index contributed by atoms with van der Waals surface area (Å²) < 4.78 is 5.20. The summed E-state index contributed by atoms with van der Waals surface area (Å²) in [4.78, 5) is 26.8. The van der Waals surface area contributed by atoms with Crippen LogP contribution in [0.2, 0.25) is 0 Å². The average Bonchev–Trinajstić information content (AvgIpc) is 3.02. The fourth-order valence-corrected chi connectivity index (χ4v) is 3.24. The number of amides is 2. The zero-order valence-electron chi connectivity index (χ0n) is 14.6. The number of benzene rings is 2. The zero-order chi connectivity index (χ0) is 17.8.